The van der Waals surface area contributed by atoms with E-state index in [0.29, 0.717) is 19.6 Å². The molecule has 0 saturated heterocycles. The molecule has 22 heavy (non-hydrogen) atoms. The van der Waals surface area contributed by atoms with Crippen molar-refractivity contribution in [2.75, 3.05) is 20.3 Å². The molecule has 0 radical (unpaired) electrons. The molecule has 6 heteroatoms. The number of benzene rings is 1. The van der Waals surface area contributed by atoms with Crippen LogP contribution in [0.2, 0.25) is 0 Å². The summed E-state index contributed by atoms with van der Waals surface area (Å²) in [5.41, 5.74) is 1.02. The van der Waals surface area contributed by atoms with Gasteiger partial charge in [-0.05, 0) is 37.5 Å². The average Bonchev–Trinajstić information content (AvgIpc) is 2.54. The fourth-order valence-corrected chi connectivity index (χ4v) is 1.85. The molecule has 0 aliphatic carbocycles. The van der Waals surface area contributed by atoms with E-state index in [1.54, 1.807) is 14.0 Å². The number of hydrogen-bond donors (Lipinski definition) is 2. The smallest absolute Gasteiger partial charge is 0.337 e. The second-order valence-corrected chi connectivity index (χ2v) is 4.81. The average molecular weight is 312 g/mol. The van der Waals surface area contributed by atoms with E-state index in [0.717, 1.165) is 11.3 Å². The molecule has 1 aromatic rings. The first-order valence-corrected chi connectivity index (χ1v) is 7.32. The summed E-state index contributed by atoms with van der Waals surface area (Å²) in [5, 5.41) is 19.2. The molecule has 0 aliphatic rings. The standard InChI is InChI=1S/C16H24O6/c1-3-22-16(19)15(18)14(17)5-4-10-21-11-12-6-8-13(20-2)9-7-12/h6-9,14-15,17-18H,3-5,10-11H2,1-2H3/t14-,15+/m1/s1. The van der Waals surface area contributed by atoms with Crippen molar-refractivity contribution in [3.05, 3.63) is 29.8 Å². The summed E-state index contributed by atoms with van der Waals surface area (Å²) in [4.78, 5) is 11.2. The molecule has 124 valence electrons. The van der Waals surface area contributed by atoms with Gasteiger partial charge in [0.25, 0.3) is 0 Å². The van der Waals surface area contributed by atoms with Crippen LogP contribution in [-0.4, -0.2) is 48.7 Å². The molecule has 1 rings (SSSR count). The fourth-order valence-electron chi connectivity index (χ4n) is 1.85. The molecule has 0 aliphatic heterocycles. The number of aliphatic hydroxyl groups is 2. The molecule has 2 N–H and O–H groups in total. The number of carbonyl (C=O) groups excluding carboxylic acids is 1. The predicted molar refractivity (Wildman–Crippen MR) is 80.5 cm³/mol. The van der Waals surface area contributed by atoms with Gasteiger partial charge in [-0.2, -0.15) is 0 Å². The lowest BCUT2D eigenvalue weighted by molar-refractivity contribution is -0.159. The Kier molecular flexibility index (Phi) is 8.50. The maximum Gasteiger partial charge on any atom is 0.337 e. The normalized spacial score (nSPS) is 13.5. The van der Waals surface area contributed by atoms with E-state index in [4.69, 9.17) is 9.47 Å². The number of ether oxygens (including phenoxy) is 3. The second-order valence-electron chi connectivity index (χ2n) is 4.81. The number of rotatable bonds is 10. The summed E-state index contributed by atoms with van der Waals surface area (Å²) in [6.45, 7) is 2.71. The fraction of sp³-hybridized carbons (Fsp3) is 0.562. The zero-order valence-electron chi connectivity index (χ0n) is 13.0. The van der Waals surface area contributed by atoms with E-state index in [-0.39, 0.29) is 13.0 Å². The van der Waals surface area contributed by atoms with Crippen LogP contribution in [-0.2, 0) is 20.9 Å². The van der Waals surface area contributed by atoms with Crippen LogP contribution in [0, 0.1) is 0 Å². The van der Waals surface area contributed by atoms with Crippen LogP contribution in [0.15, 0.2) is 24.3 Å². The number of carbonyl (C=O) groups is 1. The molecule has 0 bridgehead atoms. The van der Waals surface area contributed by atoms with Gasteiger partial charge in [0.2, 0.25) is 0 Å². The lowest BCUT2D eigenvalue weighted by Gasteiger charge is -2.16. The molecule has 0 aromatic heterocycles. The van der Waals surface area contributed by atoms with E-state index < -0.39 is 18.2 Å². The Balaban J connectivity index is 2.17. The van der Waals surface area contributed by atoms with Crippen molar-refractivity contribution < 1.29 is 29.2 Å². The summed E-state index contributed by atoms with van der Waals surface area (Å²) in [6, 6.07) is 7.55. The van der Waals surface area contributed by atoms with Crippen LogP contribution in [0.4, 0.5) is 0 Å². The van der Waals surface area contributed by atoms with Crippen LogP contribution in [0.1, 0.15) is 25.3 Å². The van der Waals surface area contributed by atoms with Gasteiger partial charge in [-0.15, -0.1) is 0 Å². The lowest BCUT2D eigenvalue weighted by Crippen LogP contribution is -2.35. The summed E-state index contributed by atoms with van der Waals surface area (Å²) in [5.74, 6) is -0.00558. The minimum absolute atomic E-state index is 0.174. The molecule has 0 amide bonds. The van der Waals surface area contributed by atoms with Crippen LogP contribution in [0.5, 0.6) is 5.75 Å². The molecule has 6 nitrogen and oxygen atoms in total. The maximum absolute atomic E-state index is 11.2. The summed E-state index contributed by atoms with van der Waals surface area (Å²) >= 11 is 0. The Labute approximate surface area is 130 Å². The van der Waals surface area contributed by atoms with E-state index in [9.17, 15) is 15.0 Å². The maximum atomic E-state index is 11.2. The van der Waals surface area contributed by atoms with E-state index in [1.165, 1.54) is 0 Å². The first kappa shape index (κ1) is 18.4. The molecule has 0 fully saturated rings. The number of aliphatic hydroxyl groups excluding tert-OH is 2. The highest BCUT2D eigenvalue weighted by atomic mass is 16.5. The zero-order chi connectivity index (χ0) is 16.4. The van der Waals surface area contributed by atoms with Crippen molar-refractivity contribution in [2.24, 2.45) is 0 Å². The Morgan fingerprint density at radius 1 is 1.23 bits per heavy atom. The van der Waals surface area contributed by atoms with Crippen molar-refractivity contribution in [1.29, 1.82) is 0 Å². The molecule has 0 heterocycles. The minimum Gasteiger partial charge on any atom is -0.497 e. The van der Waals surface area contributed by atoms with Gasteiger partial charge in [0.15, 0.2) is 6.10 Å². The summed E-state index contributed by atoms with van der Waals surface area (Å²) < 4.78 is 15.2. The van der Waals surface area contributed by atoms with Gasteiger partial charge in [0.1, 0.15) is 5.75 Å². The Bertz CT molecular complexity index is 431. The first-order valence-electron chi connectivity index (χ1n) is 7.32. The third-order valence-electron chi connectivity index (χ3n) is 3.11. The first-order chi connectivity index (χ1) is 10.6. The highest BCUT2D eigenvalue weighted by Crippen LogP contribution is 2.12. The van der Waals surface area contributed by atoms with Crippen molar-refractivity contribution in [3.8, 4) is 5.75 Å². The van der Waals surface area contributed by atoms with Crippen LogP contribution in [0.3, 0.4) is 0 Å². The highest BCUT2D eigenvalue weighted by Gasteiger charge is 2.24. The van der Waals surface area contributed by atoms with Crippen molar-refractivity contribution >= 4 is 5.97 Å². The highest BCUT2D eigenvalue weighted by molar-refractivity contribution is 5.75. The zero-order valence-corrected chi connectivity index (χ0v) is 13.0. The Morgan fingerprint density at radius 2 is 1.91 bits per heavy atom. The van der Waals surface area contributed by atoms with E-state index >= 15 is 0 Å². The van der Waals surface area contributed by atoms with Gasteiger partial charge in [0.05, 0.1) is 26.4 Å². The van der Waals surface area contributed by atoms with Gasteiger partial charge in [-0.25, -0.2) is 4.79 Å². The largest absolute Gasteiger partial charge is 0.497 e. The van der Waals surface area contributed by atoms with Crippen LogP contribution >= 0.6 is 0 Å². The third kappa shape index (κ3) is 6.43. The monoisotopic (exact) mass is 312 g/mol. The SMILES string of the molecule is CCOC(=O)[C@@H](O)[C@H](O)CCCOCc1ccc(OC)cc1. The lowest BCUT2D eigenvalue weighted by atomic mass is 10.1. The number of hydrogen-bond acceptors (Lipinski definition) is 6. The van der Waals surface area contributed by atoms with Gasteiger partial charge < -0.3 is 24.4 Å². The van der Waals surface area contributed by atoms with Gasteiger partial charge in [-0.3, -0.25) is 0 Å². The Morgan fingerprint density at radius 3 is 2.50 bits per heavy atom. The molecule has 2 atom stereocenters. The van der Waals surface area contributed by atoms with Crippen LogP contribution in [0.25, 0.3) is 0 Å². The molecule has 0 spiro atoms. The van der Waals surface area contributed by atoms with Crippen molar-refractivity contribution in [2.45, 2.75) is 38.6 Å². The van der Waals surface area contributed by atoms with Crippen molar-refractivity contribution in [3.63, 3.8) is 0 Å². The summed E-state index contributed by atoms with van der Waals surface area (Å²) in [6.07, 6.45) is -1.83. The minimum atomic E-state index is -1.50. The summed E-state index contributed by atoms with van der Waals surface area (Å²) in [7, 11) is 1.61. The molecule has 0 unspecified atom stereocenters. The van der Waals surface area contributed by atoms with Gasteiger partial charge in [-0.1, -0.05) is 12.1 Å². The predicted octanol–water partition coefficient (Wildman–Crippen LogP) is 1.28. The number of methoxy groups -OCH3 is 1. The van der Waals surface area contributed by atoms with E-state index in [1.807, 2.05) is 24.3 Å². The van der Waals surface area contributed by atoms with Crippen molar-refractivity contribution in [1.82, 2.24) is 0 Å². The second kappa shape index (κ2) is 10.2. The van der Waals surface area contributed by atoms with E-state index in [2.05, 4.69) is 4.74 Å². The molecular formula is C16H24O6. The Hall–Kier alpha value is -1.63. The van der Waals surface area contributed by atoms with Crippen LogP contribution < -0.4 is 4.74 Å². The third-order valence-corrected chi connectivity index (χ3v) is 3.11. The topological polar surface area (TPSA) is 85.2 Å². The quantitative estimate of drug-likeness (QED) is 0.500. The van der Waals surface area contributed by atoms with Gasteiger partial charge in [0, 0.05) is 6.61 Å². The molecular weight excluding hydrogens is 288 g/mol. The number of esters is 1. The van der Waals surface area contributed by atoms with Gasteiger partial charge >= 0.3 is 5.97 Å². The molecule has 0 saturated carbocycles. The molecule has 1 aromatic carbocycles.